The van der Waals surface area contributed by atoms with Gasteiger partial charge in [-0.3, -0.25) is 9.48 Å². The van der Waals surface area contributed by atoms with E-state index in [0.29, 0.717) is 22.5 Å². The molecule has 0 saturated heterocycles. The molecule has 0 atom stereocenters. The molecule has 7 heteroatoms. The number of ether oxygens (including phenoxy) is 1. The van der Waals surface area contributed by atoms with Crippen LogP contribution in [0.2, 0.25) is 5.15 Å². The smallest absolute Gasteiger partial charge is 0.337 e. The number of aromatic nitrogens is 2. The van der Waals surface area contributed by atoms with Crippen LogP contribution in [0.1, 0.15) is 26.4 Å². The van der Waals surface area contributed by atoms with Crippen molar-refractivity contribution in [3.8, 4) is 0 Å². The third kappa shape index (κ3) is 3.05. The normalized spacial score (nSPS) is 10.3. The second-order valence-corrected chi connectivity index (χ2v) is 4.76. The van der Waals surface area contributed by atoms with Gasteiger partial charge in [-0.05, 0) is 25.1 Å². The molecule has 6 nitrogen and oxygen atoms in total. The number of hydrogen-bond donors (Lipinski definition) is 1. The number of benzene rings is 1. The first-order chi connectivity index (χ1) is 9.93. The van der Waals surface area contributed by atoms with Gasteiger partial charge in [0, 0.05) is 12.7 Å². The van der Waals surface area contributed by atoms with E-state index in [1.165, 1.54) is 17.9 Å². The number of nitrogens with zero attached hydrogens (tertiary/aromatic N) is 2. The van der Waals surface area contributed by atoms with E-state index < -0.39 is 5.97 Å². The maximum Gasteiger partial charge on any atom is 0.337 e. The molecule has 0 aliphatic carbocycles. The summed E-state index contributed by atoms with van der Waals surface area (Å²) in [5.41, 5.74) is 1.67. The molecule has 0 bridgehead atoms. The maximum atomic E-state index is 12.3. The van der Waals surface area contributed by atoms with Gasteiger partial charge in [-0.25, -0.2) is 4.79 Å². The number of methoxy groups -OCH3 is 1. The summed E-state index contributed by atoms with van der Waals surface area (Å²) in [5.74, 6) is -0.852. The zero-order valence-corrected chi connectivity index (χ0v) is 12.6. The molecule has 0 aliphatic heterocycles. The van der Waals surface area contributed by atoms with Crippen molar-refractivity contribution in [2.45, 2.75) is 6.92 Å². The van der Waals surface area contributed by atoms with Crippen LogP contribution in [-0.4, -0.2) is 28.8 Å². The molecule has 0 fully saturated rings. The monoisotopic (exact) mass is 307 g/mol. The van der Waals surface area contributed by atoms with Crippen LogP contribution in [0.3, 0.4) is 0 Å². The fourth-order valence-electron chi connectivity index (χ4n) is 1.92. The number of aryl methyl sites for hydroxylation is 2. The van der Waals surface area contributed by atoms with Crippen LogP contribution in [0.4, 0.5) is 5.69 Å². The van der Waals surface area contributed by atoms with E-state index in [1.807, 2.05) is 0 Å². The zero-order chi connectivity index (χ0) is 15.6. The highest BCUT2D eigenvalue weighted by Crippen LogP contribution is 2.20. The molecule has 0 saturated carbocycles. The maximum absolute atomic E-state index is 12.3. The Morgan fingerprint density at radius 1 is 1.38 bits per heavy atom. The number of halogens is 1. The Morgan fingerprint density at radius 2 is 2.10 bits per heavy atom. The Labute approximate surface area is 126 Å². The number of carbonyl (C=O) groups excluding carboxylic acids is 2. The van der Waals surface area contributed by atoms with E-state index >= 15 is 0 Å². The van der Waals surface area contributed by atoms with Crippen LogP contribution < -0.4 is 5.32 Å². The minimum absolute atomic E-state index is 0.258. The Bertz CT molecular complexity index is 709. The number of anilines is 1. The van der Waals surface area contributed by atoms with E-state index in [1.54, 1.807) is 32.2 Å². The highest BCUT2D eigenvalue weighted by molar-refractivity contribution is 6.33. The summed E-state index contributed by atoms with van der Waals surface area (Å²) in [6, 6.07) is 6.46. The van der Waals surface area contributed by atoms with Gasteiger partial charge < -0.3 is 10.1 Å². The van der Waals surface area contributed by atoms with Crippen molar-refractivity contribution in [1.29, 1.82) is 0 Å². The number of amides is 1. The van der Waals surface area contributed by atoms with E-state index in [2.05, 4.69) is 15.2 Å². The summed E-state index contributed by atoms with van der Waals surface area (Å²) in [7, 11) is 2.95. The van der Waals surface area contributed by atoms with Crippen LogP contribution in [0.5, 0.6) is 0 Å². The molecule has 1 amide bonds. The molecule has 0 unspecified atom stereocenters. The summed E-state index contributed by atoms with van der Waals surface area (Å²) >= 11 is 6.04. The van der Waals surface area contributed by atoms with Crippen LogP contribution >= 0.6 is 11.6 Å². The summed E-state index contributed by atoms with van der Waals surface area (Å²) < 4.78 is 6.06. The van der Waals surface area contributed by atoms with Crippen molar-refractivity contribution in [2.75, 3.05) is 12.4 Å². The Kier molecular flexibility index (Phi) is 4.28. The third-order valence-electron chi connectivity index (χ3n) is 2.92. The quantitative estimate of drug-likeness (QED) is 0.884. The molecule has 1 aromatic carbocycles. The van der Waals surface area contributed by atoms with E-state index in [4.69, 9.17) is 11.6 Å². The average molecular weight is 308 g/mol. The van der Waals surface area contributed by atoms with Gasteiger partial charge in [-0.15, -0.1) is 0 Å². The van der Waals surface area contributed by atoms with Gasteiger partial charge in [-0.2, -0.15) is 5.10 Å². The number of carbonyl (C=O) groups is 2. The number of esters is 1. The molecule has 0 aliphatic rings. The summed E-state index contributed by atoms with van der Waals surface area (Å²) in [6.45, 7) is 1.70. The topological polar surface area (TPSA) is 73.2 Å². The third-order valence-corrected chi connectivity index (χ3v) is 3.35. The number of nitrogens with one attached hydrogen (secondary N) is 1. The van der Waals surface area contributed by atoms with Gasteiger partial charge in [-0.1, -0.05) is 17.7 Å². The van der Waals surface area contributed by atoms with Crippen molar-refractivity contribution in [3.05, 3.63) is 46.2 Å². The van der Waals surface area contributed by atoms with E-state index in [9.17, 15) is 9.59 Å². The van der Waals surface area contributed by atoms with Crippen LogP contribution in [0, 0.1) is 6.92 Å². The summed E-state index contributed by atoms with van der Waals surface area (Å²) in [5, 5.41) is 7.03. The molecule has 2 aromatic rings. The Morgan fingerprint density at radius 3 is 2.67 bits per heavy atom. The lowest BCUT2D eigenvalue weighted by Gasteiger charge is -2.06. The minimum Gasteiger partial charge on any atom is -0.465 e. The number of rotatable bonds is 3. The number of hydrogen-bond acceptors (Lipinski definition) is 4. The molecular weight excluding hydrogens is 294 g/mol. The van der Waals surface area contributed by atoms with E-state index in [-0.39, 0.29) is 11.1 Å². The van der Waals surface area contributed by atoms with Crippen LogP contribution in [0.15, 0.2) is 24.3 Å². The SMILES string of the molecule is COC(=O)c1cccc(NC(=O)c2c(C)nn(C)c2Cl)c1. The molecule has 0 spiro atoms. The van der Waals surface area contributed by atoms with Crippen molar-refractivity contribution in [1.82, 2.24) is 9.78 Å². The first-order valence-corrected chi connectivity index (χ1v) is 6.50. The molecule has 0 radical (unpaired) electrons. The Balaban J connectivity index is 2.26. The second-order valence-electron chi connectivity index (χ2n) is 4.40. The van der Waals surface area contributed by atoms with Crippen LogP contribution in [-0.2, 0) is 11.8 Å². The summed E-state index contributed by atoms with van der Waals surface area (Å²) in [6.07, 6.45) is 0. The van der Waals surface area contributed by atoms with Crippen molar-refractivity contribution in [3.63, 3.8) is 0 Å². The lowest BCUT2D eigenvalue weighted by molar-refractivity contribution is 0.0600. The molecule has 1 aromatic heterocycles. The van der Waals surface area contributed by atoms with Gasteiger partial charge in [0.1, 0.15) is 5.15 Å². The lowest BCUT2D eigenvalue weighted by atomic mass is 10.2. The largest absolute Gasteiger partial charge is 0.465 e. The molecular formula is C14H14ClN3O3. The lowest BCUT2D eigenvalue weighted by Crippen LogP contribution is -2.13. The Hall–Kier alpha value is -2.34. The van der Waals surface area contributed by atoms with E-state index in [0.717, 1.165) is 0 Å². The van der Waals surface area contributed by atoms with Crippen molar-refractivity contribution in [2.24, 2.45) is 7.05 Å². The predicted molar refractivity (Wildman–Crippen MR) is 78.7 cm³/mol. The summed E-state index contributed by atoms with van der Waals surface area (Å²) in [4.78, 5) is 23.7. The fourth-order valence-corrected chi connectivity index (χ4v) is 2.18. The standard InChI is InChI=1S/C14H14ClN3O3/c1-8-11(12(15)18(2)17-8)13(19)16-10-6-4-5-9(7-10)14(20)21-3/h4-7H,1-3H3,(H,16,19). The van der Waals surface area contributed by atoms with Gasteiger partial charge >= 0.3 is 5.97 Å². The molecule has 21 heavy (non-hydrogen) atoms. The van der Waals surface area contributed by atoms with Crippen LogP contribution in [0.25, 0.3) is 0 Å². The molecule has 2 rings (SSSR count). The highest BCUT2D eigenvalue weighted by atomic mass is 35.5. The average Bonchev–Trinajstić information content (AvgIpc) is 2.71. The second kappa shape index (κ2) is 5.97. The van der Waals surface area contributed by atoms with Crippen molar-refractivity contribution < 1.29 is 14.3 Å². The molecule has 1 heterocycles. The van der Waals surface area contributed by atoms with Crippen molar-refractivity contribution >= 4 is 29.2 Å². The van der Waals surface area contributed by atoms with Gasteiger partial charge in [0.05, 0.1) is 23.9 Å². The minimum atomic E-state index is -0.471. The molecule has 1 N–H and O–H groups in total. The first-order valence-electron chi connectivity index (χ1n) is 6.13. The zero-order valence-electron chi connectivity index (χ0n) is 11.8. The highest BCUT2D eigenvalue weighted by Gasteiger charge is 2.19. The van der Waals surface area contributed by atoms with Gasteiger partial charge in [0.25, 0.3) is 5.91 Å². The van der Waals surface area contributed by atoms with Gasteiger partial charge in [0.2, 0.25) is 0 Å². The predicted octanol–water partition coefficient (Wildman–Crippen LogP) is 2.42. The molecule has 110 valence electrons. The van der Waals surface area contributed by atoms with Gasteiger partial charge in [0.15, 0.2) is 0 Å². The first kappa shape index (κ1) is 15.1. The fraction of sp³-hybridized carbons (Fsp3) is 0.214.